The Morgan fingerprint density at radius 3 is 3.06 bits per heavy atom. The molecule has 0 saturated carbocycles. The van der Waals surface area contributed by atoms with E-state index in [4.69, 9.17) is 11.0 Å². The Morgan fingerprint density at radius 2 is 2.39 bits per heavy atom. The second kappa shape index (κ2) is 5.19. The Labute approximate surface area is 105 Å². The molecule has 3 N–H and O–H groups in total. The van der Waals surface area contributed by atoms with Crippen LogP contribution in [0, 0.1) is 11.3 Å². The van der Waals surface area contributed by atoms with Gasteiger partial charge in [-0.25, -0.2) is 4.98 Å². The van der Waals surface area contributed by atoms with Crippen molar-refractivity contribution in [3.8, 4) is 6.07 Å². The number of aromatic nitrogens is 3. The fourth-order valence-electron chi connectivity index (χ4n) is 1.64. The fraction of sp³-hybridized carbons (Fsp3) is 0.250. The van der Waals surface area contributed by atoms with E-state index in [0.29, 0.717) is 23.6 Å². The van der Waals surface area contributed by atoms with Crippen LogP contribution in [0.4, 0.5) is 11.5 Å². The number of pyridine rings is 1. The topological polar surface area (TPSA) is 92.5 Å². The van der Waals surface area contributed by atoms with E-state index in [1.54, 1.807) is 16.9 Å². The highest BCUT2D eigenvalue weighted by atomic mass is 15.2. The van der Waals surface area contributed by atoms with Gasteiger partial charge in [0.25, 0.3) is 0 Å². The molecule has 2 aromatic heterocycles. The largest absolute Gasteiger partial charge is 0.395 e. The van der Waals surface area contributed by atoms with Gasteiger partial charge in [0.1, 0.15) is 6.07 Å². The number of nitriles is 1. The van der Waals surface area contributed by atoms with Crippen molar-refractivity contribution in [2.45, 2.75) is 6.42 Å². The number of nitrogens with two attached hydrogens (primary N) is 1. The summed E-state index contributed by atoms with van der Waals surface area (Å²) in [5.74, 6) is 0.554. The molecule has 0 aliphatic rings. The summed E-state index contributed by atoms with van der Waals surface area (Å²) in [6, 6.07) is 3.63. The zero-order chi connectivity index (χ0) is 13.0. The van der Waals surface area contributed by atoms with Crippen molar-refractivity contribution in [2.75, 3.05) is 17.6 Å². The van der Waals surface area contributed by atoms with Crippen LogP contribution in [0.5, 0.6) is 0 Å². The van der Waals surface area contributed by atoms with Crippen molar-refractivity contribution in [1.82, 2.24) is 14.8 Å². The van der Waals surface area contributed by atoms with Crippen LogP contribution in [0.25, 0.3) is 0 Å². The number of hydrogen-bond acceptors (Lipinski definition) is 5. The highest BCUT2D eigenvalue weighted by Gasteiger charge is 2.05. The summed E-state index contributed by atoms with van der Waals surface area (Å²) in [5, 5.41) is 16.1. The normalized spacial score (nSPS) is 10.0. The SMILES string of the molecule is Cn1cc(CCNc2nccc(C#N)c2N)cn1. The molecule has 6 heteroatoms. The maximum Gasteiger partial charge on any atom is 0.150 e. The highest BCUT2D eigenvalue weighted by molar-refractivity contribution is 5.68. The number of nitrogen functional groups attached to an aromatic ring is 1. The lowest BCUT2D eigenvalue weighted by Crippen LogP contribution is -2.09. The zero-order valence-electron chi connectivity index (χ0n) is 10.1. The number of hydrogen-bond donors (Lipinski definition) is 2. The summed E-state index contributed by atoms with van der Waals surface area (Å²) >= 11 is 0. The molecule has 0 amide bonds. The Morgan fingerprint density at radius 1 is 1.56 bits per heavy atom. The third kappa shape index (κ3) is 2.58. The molecule has 0 aromatic carbocycles. The van der Waals surface area contributed by atoms with Gasteiger partial charge >= 0.3 is 0 Å². The van der Waals surface area contributed by atoms with Gasteiger partial charge in [-0.15, -0.1) is 0 Å². The van der Waals surface area contributed by atoms with Crippen molar-refractivity contribution in [1.29, 1.82) is 5.26 Å². The van der Waals surface area contributed by atoms with E-state index in [1.165, 1.54) is 0 Å². The first-order valence-corrected chi connectivity index (χ1v) is 5.56. The van der Waals surface area contributed by atoms with E-state index in [-0.39, 0.29) is 0 Å². The Balaban J connectivity index is 1.97. The lowest BCUT2D eigenvalue weighted by molar-refractivity contribution is 0.767. The summed E-state index contributed by atoms with van der Waals surface area (Å²) in [4.78, 5) is 4.12. The molecule has 0 bridgehead atoms. The number of nitrogens with zero attached hydrogens (tertiary/aromatic N) is 4. The summed E-state index contributed by atoms with van der Waals surface area (Å²) < 4.78 is 1.76. The van der Waals surface area contributed by atoms with Gasteiger partial charge in [0.15, 0.2) is 5.82 Å². The van der Waals surface area contributed by atoms with Crippen LogP contribution in [0.15, 0.2) is 24.7 Å². The summed E-state index contributed by atoms with van der Waals surface area (Å²) in [6.45, 7) is 0.692. The Hall–Kier alpha value is -2.55. The van der Waals surface area contributed by atoms with Gasteiger partial charge in [-0.3, -0.25) is 4.68 Å². The number of aryl methyl sites for hydroxylation is 1. The number of nitrogens with one attached hydrogen (secondary N) is 1. The molecule has 2 heterocycles. The van der Waals surface area contributed by atoms with Gasteiger partial charge in [0.05, 0.1) is 17.4 Å². The molecule has 92 valence electrons. The molecule has 6 nitrogen and oxygen atoms in total. The van der Waals surface area contributed by atoms with E-state index in [2.05, 4.69) is 15.4 Å². The second-order valence-corrected chi connectivity index (χ2v) is 3.93. The van der Waals surface area contributed by atoms with E-state index >= 15 is 0 Å². The van der Waals surface area contributed by atoms with Gasteiger partial charge in [0.2, 0.25) is 0 Å². The van der Waals surface area contributed by atoms with Crippen LogP contribution in [0.2, 0.25) is 0 Å². The standard InChI is InChI=1S/C12H14N6/c1-18-8-9(7-17-18)2-4-15-12-11(14)10(6-13)3-5-16-12/h3,5,7-8H,2,4,14H2,1H3,(H,15,16). The first-order valence-electron chi connectivity index (χ1n) is 5.56. The molecule has 0 fully saturated rings. The molecule has 18 heavy (non-hydrogen) atoms. The lowest BCUT2D eigenvalue weighted by Gasteiger charge is -2.08. The predicted molar refractivity (Wildman–Crippen MR) is 68.8 cm³/mol. The van der Waals surface area contributed by atoms with Crippen molar-refractivity contribution < 1.29 is 0 Å². The monoisotopic (exact) mass is 242 g/mol. The van der Waals surface area contributed by atoms with Crippen molar-refractivity contribution in [3.63, 3.8) is 0 Å². The minimum absolute atomic E-state index is 0.395. The Kier molecular flexibility index (Phi) is 3.44. The third-order valence-corrected chi connectivity index (χ3v) is 2.58. The third-order valence-electron chi connectivity index (χ3n) is 2.58. The van der Waals surface area contributed by atoms with E-state index in [0.717, 1.165) is 12.0 Å². The highest BCUT2D eigenvalue weighted by Crippen LogP contribution is 2.18. The van der Waals surface area contributed by atoms with Gasteiger partial charge in [0, 0.05) is 26.0 Å². The molecule has 0 radical (unpaired) electrons. The lowest BCUT2D eigenvalue weighted by atomic mass is 10.2. The van der Waals surface area contributed by atoms with Crippen LogP contribution in [-0.2, 0) is 13.5 Å². The minimum Gasteiger partial charge on any atom is -0.395 e. The summed E-state index contributed by atoms with van der Waals surface area (Å²) in [6.07, 6.45) is 6.18. The second-order valence-electron chi connectivity index (χ2n) is 3.93. The summed E-state index contributed by atoms with van der Waals surface area (Å²) in [5.41, 5.74) is 7.79. The molecule has 0 unspecified atom stereocenters. The zero-order valence-corrected chi connectivity index (χ0v) is 10.1. The maximum absolute atomic E-state index is 8.85. The molecule has 0 atom stereocenters. The van der Waals surface area contributed by atoms with E-state index in [9.17, 15) is 0 Å². The average Bonchev–Trinajstić information content (AvgIpc) is 2.77. The quantitative estimate of drug-likeness (QED) is 0.831. The smallest absolute Gasteiger partial charge is 0.150 e. The Bertz CT molecular complexity index is 580. The van der Waals surface area contributed by atoms with E-state index < -0.39 is 0 Å². The molecule has 2 aromatic rings. The molecular weight excluding hydrogens is 228 g/mol. The summed E-state index contributed by atoms with van der Waals surface area (Å²) in [7, 11) is 1.88. The molecule has 0 spiro atoms. The first-order chi connectivity index (χ1) is 8.70. The molecule has 0 aliphatic carbocycles. The maximum atomic E-state index is 8.85. The van der Waals surface area contributed by atoms with Crippen LogP contribution < -0.4 is 11.1 Å². The van der Waals surface area contributed by atoms with Crippen LogP contribution in [-0.4, -0.2) is 21.3 Å². The van der Waals surface area contributed by atoms with Crippen molar-refractivity contribution in [3.05, 3.63) is 35.8 Å². The van der Waals surface area contributed by atoms with Crippen molar-refractivity contribution >= 4 is 11.5 Å². The van der Waals surface area contributed by atoms with Gasteiger partial charge in [-0.05, 0) is 18.1 Å². The van der Waals surface area contributed by atoms with Crippen LogP contribution in [0.1, 0.15) is 11.1 Å². The van der Waals surface area contributed by atoms with Crippen LogP contribution in [0.3, 0.4) is 0 Å². The average molecular weight is 242 g/mol. The minimum atomic E-state index is 0.395. The number of rotatable bonds is 4. The molecule has 0 saturated heterocycles. The fourth-order valence-corrected chi connectivity index (χ4v) is 1.64. The first kappa shape index (κ1) is 11.9. The molecule has 2 rings (SSSR count). The predicted octanol–water partition coefficient (Wildman–Crippen LogP) is 0.924. The molecule has 0 aliphatic heterocycles. The molecular formula is C12H14N6. The number of anilines is 2. The van der Waals surface area contributed by atoms with Gasteiger partial charge < -0.3 is 11.1 Å². The van der Waals surface area contributed by atoms with Crippen molar-refractivity contribution in [2.24, 2.45) is 7.05 Å². The van der Waals surface area contributed by atoms with Gasteiger partial charge in [-0.2, -0.15) is 10.4 Å². The van der Waals surface area contributed by atoms with Crippen LogP contribution >= 0.6 is 0 Å². The van der Waals surface area contributed by atoms with Gasteiger partial charge in [-0.1, -0.05) is 0 Å². The van der Waals surface area contributed by atoms with E-state index in [1.807, 2.05) is 25.5 Å².